The van der Waals surface area contributed by atoms with Crippen LogP contribution in [0, 0.1) is 0 Å². The largest absolute Gasteiger partial charge is 0.484 e. The van der Waals surface area contributed by atoms with Crippen molar-refractivity contribution in [3.05, 3.63) is 58.6 Å². The number of likely N-dealkylation sites (tertiary alicyclic amines) is 1. The first kappa shape index (κ1) is 17.3. The number of fused-ring (bicyclic) bond motifs is 1. The molecule has 1 unspecified atom stereocenters. The third-order valence-electron chi connectivity index (χ3n) is 4.59. The lowest BCUT2D eigenvalue weighted by Gasteiger charge is -2.31. The van der Waals surface area contributed by atoms with Crippen molar-refractivity contribution in [1.29, 1.82) is 0 Å². The molecule has 4 nitrogen and oxygen atoms in total. The fraction of sp³-hybridized carbons (Fsp3) is 0.300. The Bertz CT molecular complexity index is 894. The molecule has 4 rings (SSSR count). The van der Waals surface area contributed by atoms with Gasteiger partial charge in [-0.25, -0.2) is 4.98 Å². The number of rotatable bonds is 4. The summed E-state index contributed by atoms with van der Waals surface area (Å²) in [4.78, 5) is 19.2. The molecular formula is C20H19ClN2O2S. The van der Waals surface area contributed by atoms with E-state index in [1.54, 1.807) is 29.5 Å². The second-order valence-corrected chi connectivity index (χ2v) is 7.94. The molecule has 1 aromatic heterocycles. The number of carbonyl (C=O) groups excluding carboxylic acids is 1. The van der Waals surface area contributed by atoms with Crippen LogP contribution in [0.5, 0.6) is 5.75 Å². The maximum Gasteiger partial charge on any atom is 0.260 e. The van der Waals surface area contributed by atoms with Gasteiger partial charge in [0, 0.05) is 24.0 Å². The van der Waals surface area contributed by atoms with Crippen LogP contribution in [0.1, 0.15) is 23.8 Å². The van der Waals surface area contributed by atoms with Crippen LogP contribution >= 0.6 is 22.9 Å². The summed E-state index contributed by atoms with van der Waals surface area (Å²) in [5.41, 5.74) is 1.04. The van der Waals surface area contributed by atoms with Crippen LogP contribution in [-0.2, 0) is 4.79 Å². The monoisotopic (exact) mass is 386 g/mol. The molecule has 0 N–H and O–H groups in total. The summed E-state index contributed by atoms with van der Waals surface area (Å²) in [6, 6.07) is 15.3. The number of ether oxygens (including phenoxy) is 1. The highest BCUT2D eigenvalue weighted by molar-refractivity contribution is 7.18. The van der Waals surface area contributed by atoms with Crippen LogP contribution in [-0.4, -0.2) is 35.5 Å². The van der Waals surface area contributed by atoms with Crippen molar-refractivity contribution in [2.75, 3.05) is 19.7 Å². The lowest BCUT2D eigenvalue weighted by molar-refractivity contribution is -0.134. The molecule has 1 atom stereocenters. The number of para-hydroxylation sites is 1. The third-order valence-corrected chi connectivity index (χ3v) is 6.03. The number of amides is 1. The highest BCUT2D eigenvalue weighted by Gasteiger charge is 2.27. The molecule has 2 aromatic carbocycles. The zero-order valence-electron chi connectivity index (χ0n) is 14.2. The molecule has 0 bridgehead atoms. The smallest absolute Gasteiger partial charge is 0.260 e. The quantitative estimate of drug-likeness (QED) is 0.650. The first-order chi connectivity index (χ1) is 12.7. The predicted octanol–water partition coefficient (Wildman–Crippen LogP) is 4.73. The Morgan fingerprint density at radius 1 is 1.27 bits per heavy atom. The molecule has 1 aliphatic heterocycles. The molecule has 1 fully saturated rings. The van der Waals surface area contributed by atoms with Crippen molar-refractivity contribution in [2.45, 2.75) is 18.8 Å². The zero-order valence-corrected chi connectivity index (χ0v) is 15.8. The highest BCUT2D eigenvalue weighted by Crippen LogP contribution is 2.33. The van der Waals surface area contributed by atoms with E-state index in [1.165, 1.54) is 4.70 Å². The summed E-state index contributed by atoms with van der Waals surface area (Å²) in [6.45, 7) is 1.52. The Morgan fingerprint density at radius 3 is 3.00 bits per heavy atom. The summed E-state index contributed by atoms with van der Waals surface area (Å²) in [5.74, 6) is 0.928. The van der Waals surface area contributed by atoms with Gasteiger partial charge in [-0.1, -0.05) is 29.8 Å². The van der Waals surface area contributed by atoms with E-state index >= 15 is 0 Å². The maximum absolute atomic E-state index is 12.6. The van der Waals surface area contributed by atoms with Gasteiger partial charge in [-0.2, -0.15) is 0 Å². The molecule has 134 valence electrons. The lowest BCUT2D eigenvalue weighted by Crippen LogP contribution is -2.41. The number of carbonyl (C=O) groups is 1. The van der Waals surface area contributed by atoms with Crippen LogP contribution in [0.2, 0.25) is 5.02 Å². The van der Waals surface area contributed by atoms with E-state index in [1.807, 2.05) is 29.2 Å². The molecule has 6 heteroatoms. The number of halogens is 1. The molecule has 0 saturated carbocycles. The molecule has 2 heterocycles. The zero-order chi connectivity index (χ0) is 17.9. The minimum atomic E-state index is 0.00999. The fourth-order valence-corrected chi connectivity index (χ4v) is 4.54. The molecule has 3 aromatic rings. The molecule has 26 heavy (non-hydrogen) atoms. The first-order valence-electron chi connectivity index (χ1n) is 8.70. The van der Waals surface area contributed by atoms with Crippen molar-refractivity contribution in [3.63, 3.8) is 0 Å². The number of thiazole rings is 1. The van der Waals surface area contributed by atoms with E-state index in [0.717, 1.165) is 29.9 Å². The topological polar surface area (TPSA) is 42.4 Å². The van der Waals surface area contributed by atoms with E-state index in [0.29, 0.717) is 23.2 Å². The average Bonchev–Trinajstić information content (AvgIpc) is 3.10. The summed E-state index contributed by atoms with van der Waals surface area (Å²) >= 11 is 7.68. The second-order valence-electron chi connectivity index (χ2n) is 6.44. The van der Waals surface area contributed by atoms with Gasteiger partial charge >= 0.3 is 0 Å². The summed E-state index contributed by atoms with van der Waals surface area (Å²) in [6.07, 6.45) is 2.06. The molecule has 1 saturated heterocycles. The molecule has 1 amide bonds. The summed E-state index contributed by atoms with van der Waals surface area (Å²) < 4.78 is 6.81. The van der Waals surface area contributed by atoms with Gasteiger partial charge in [-0.3, -0.25) is 4.79 Å². The Labute approximate surface area is 161 Å². The number of aromatic nitrogens is 1. The molecule has 1 aliphatic rings. The molecule has 0 radical (unpaired) electrons. The Hall–Kier alpha value is -2.11. The van der Waals surface area contributed by atoms with Gasteiger partial charge in [0.1, 0.15) is 5.75 Å². The van der Waals surface area contributed by atoms with Crippen molar-refractivity contribution in [2.24, 2.45) is 0 Å². The van der Waals surface area contributed by atoms with Gasteiger partial charge in [0.25, 0.3) is 5.91 Å². The normalized spacial score (nSPS) is 17.4. The average molecular weight is 387 g/mol. The van der Waals surface area contributed by atoms with Crippen LogP contribution in [0.3, 0.4) is 0 Å². The fourth-order valence-electron chi connectivity index (χ4n) is 3.26. The minimum Gasteiger partial charge on any atom is -0.484 e. The highest BCUT2D eigenvalue weighted by atomic mass is 35.5. The Balaban J connectivity index is 1.40. The van der Waals surface area contributed by atoms with Gasteiger partial charge < -0.3 is 9.64 Å². The number of nitrogens with zero attached hydrogens (tertiary/aromatic N) is 2. The lowest BCUT2D eigenvalue weighted by atomic mass is 9.99. The first-order valence-corrected chi connectivity index (χ1v) is 9.90. The number of piperidine rings is 1. The van der Waals surface area contributed by atoms with Crippen LogP contribution in [0.25, 0.3) is 10.2 Å². The van der Waals surface area contributed by atoms with E-state index in [4.69, 9.17) is 21.3 Å². The number of hydrogen-bond donors (Lipinski definition) is 0. The third kappa shape index (κ3) is 3.84. The van der Waals surface area contributed by atoms with Crippen molar-refractivity contribution < 1.29 is 9.53 Å². The summed E-state index contributed by atoms with van der Waals surface area (Å²) in [5, 5.41) is 1.73. The van der Waals surface area contributed by atoms with Gasteiger partial charge in [0.15, 0.2) is 6.61 Å². The van der Waals surface area contributed by atoms with Crippen LogP contribution < -0.4 is 4.74 Å². The van der Waals surface area contributed by atoms with Gasteiger partial charge in [-0.15, -0.1) is 11.3 Å². The second kappa shape index (κ2) is 7.64. The Kier molecular flexibility index (Phi) is 5.09. The van der Waals surface area contributed by atoms with Crippen molar-refractivity contribution in [1.82, 2.24) is 9.88 Å². The number of benzene rings is 2. The van der Waals surface area contributed by atoms with Crippen LogP contribution in [0.15, 0.2) is 48.5 Å². The maximum atomic E-state index is 12.6. The van der Waals surface area contributed by atoms with E-state index in [-0.39, 0.29) is 12.5 Å². The number of hydrogen-bond acceptors (Lipinski definition) is 4. The van der Waals surface area contributed by atoms with Gasteiger partial charge in [-0.05, 0) is 43.2 Å². The molecule has 0 aliphatic carbocycles. The molecular weight excluding hydrogens is 368 g/mol. The van der Waals surface area contributed by atoms with E-state index in [9.17, 15) is 4.79 Å². The molecule has 0 spiro atoms. The van der Waals surface area contributed by atoms with E-state index < -0.39 is 0 Å². The Morgan fingerprint density at radius 2 is 2.15 bits per heavy atom. The summed E-state index contributed by atoms with van der Waals surface area (Å²) in [7, 11) is 0. The van der Waals surface area contributed by atoms with E-state index in [2.05, 4.69) is 6.07 Å². The van der Waals surface area contributed by atoms with Gasteiger partial charge in [0.05, 0.1) is 15.2 Å². The van der Waals surface area contributed by atoms with Crippen molar-refractivity contribution in [3.8, 4) is 5.75 Å². The van der Waals surface area contributed by atoms with Crippen LogP contribution in [0.4, 0.5) is 0 Å². The van der Waals surface area contributed by atoms with Gasteiger partial charge in [0.2, 0.25) is 0 Å². The predicted molar refractivity (Wildman–Crippen MR) is 105 cm³/mol. The van der Waals surface area contributed by atoms with Crippen molar-refractivity contribution >= 4 is 39.1 Å². The standard InChI is InChI=1S/C20H19ClN2O2S/c21-15-6-3-7-16(11-15)25-13-19(24)23-10-4-5-14(12-23)20-22-17-8-1-2-9-18(17)26-20/h1-3,6-9,11,14H,4-5,10,12-13H2. The SMILES string of the molecule is O=C(COc1cccc(Cl)c1)N1CCCC(c2nc3ccccc3s2)C1. The minimum absolute atomic E-state index is 0.00999.